The van der Waals surface area contributed by atoms with Gasteiger partial charge in [-0.05, 0) is 38.3 Å². The Morgan fingerprint density at radius 3 is 2.67 bits per heavy atom. The maximum Gasteiger partial charge on any atom is 0.336 e. The second-order valence-corrected chi connectivity index (χ2v) is 7.92. The summed E-state index contributed by atoms with van der Waals surface area (Å²) in [5.74, 6) is -0.468. The van der Waals surface area contributed by atoms with E-state index in [9.17, 15) is 13.2 Å². The molecule has 1 saturated carbocycles. The van der Waals surface area contributed by atoms with E-state index in [0.29, 0.717) is 24.2 Å². The highest BCUT2D eigenvalue weighted by Crippen LogP contribution is 2.29. The Kier molecular flexibility index (Phi) is 4.56. The zero-order valence-electron chi connectivity index (χ0n) is 12.2. The molecule has 1 fully saturated rings. The van der Waals surface area contributed by atoms with Crippen molar-refractivity contribution in [1.29, 1.82) is 0 Å². The van der Waals surface area contributed by atoms with Gasteiger partial charge in [-0.3, -0.25) is 0 Å². The monoisotopic (exact) mass is 312 g/mol. The van der Waals surface area contributed by atoms with Gasteiger partial charge in [-0.25, -0.2) is 13.2 Å². The van der Waals surface area contributed by atoms with Gasteiger partial charge in [0.05, 0.1) is 16.9 Å². The van der Waals surface area contributed by atoms with Gasteiger partial charge < -0.3 is 9.84 Å². The van der Waals surface area contributed by atoms with Gasteiger partial charge in [-0.1, -0.05) is 6.07 Å². The van der Waals surface area contributed by atoms with Crippen LogP contribution < -0.4 is 4.74 Å². The molecular weight excluding hydrogens is 292 g/mol. The van der Waals surface area contributed by atoms with Crippen LogP contribution in [0.4, 0.5) is 0 Å². The Morgan fingerprint density at radius 2 is 2.05 bits per heavy atom. The molecule has 0 saturated heterocycles. The molecule has 116 valence electrons. The number of ether oxygens (including phenoxy) is 1. The van der Waals surface area contributed by atoms with Crippen LogP contribution in [0.3, 0.4) is 0 Å². The fourth-order valence-electron chi connectivity index (χ4n) is 2.75. The third-order valence-electron chi connectivity index (χ3n) is 3.99. The van der Waals surface area contributed by atoms with Crippen LogP contribution in [0.15, 0.2) is 18.2 Å². The lowest BCUT2D eigenvalue weighted by atomic mass is 9.97. The Balaban J connectivity index is 2.15. The minimum atomic E-state index is -3.06. The molecule has 0 aliphatic heterocycles. The molecule has 21 heavy (non-hydrogen) atoms. The van der Waals surface area contributed by atoms with E-state index < -0.39 is 15.8 Å². The van der Waals surface area contributed by atoms with Crippen LogP contribution in [0.2, 0.25) is 0 Å². The van der Waals surface area contributed by atoms with Crippen molar-refractivity contribution in [2.24, 2.45) is 0 Å². The molecule has 0 amide bonds. The van der Waals surface area contributed by atoms with Crippen molar-refractivity contribution in [3.05, 3.63) is 29.3 Å². The third kappa shape index (κ3) is 3.75. The number of carboxylic acid groups (broad SMARTS) is 1. The summed E-state index contributed by atoms with van der Waals surface area (Å²) in [6.45, 7) is 1.70. The van der Waals surface area contributed by atoms with Crippen molar-refractivity contribution in [3.63, 3.8) is 0 Å². The lowest BCUT2D eigenvalue weighted by Crippen LogP contribution is -2.33. The molecule has 2 rings (SSSR count). The first kappa shape index (κ1) is 15.8. The highest BCUT2D eigenvalue weighted by molar-refractivity contribution is 7.91. The van der Waals surface area contributed by atoms with Crippen LogP contribution in [-0.2, 0) is 9.84 Å². The Morgan fingerprint density at radius 1 is 1.33 bits per heavy atom. The second kappa shape index (κ2) is 6.05. The van der Waals surface area contributed by atoms with Crippen LogP contribution in [0.5, 0.6) is 5.75 Å². The third-order valence-corrected chi connectivity index (χ3v) is 5.63. The van der Waals surface area contributed by atoms with E-state index in [1.807, 2.05) is 0 Å². The first-order valence-corrected chi connectivity index (χ1v) is 8.93. The van der Waals surface area contributed by atoms with Crippen molar-refractivity contribution in [2.75, 3.05) is 6.26 Å². The summed E-state index contributed by atoms with van der Waals surface area (Å²) in [4.78, 5) is 11.1. The Bertz CT molecular complexity index is 635. The summed E-state index contributed by atoms with van der Waals surface area (Å²) in [6, 6.07) is 4.90. The zero-order valence-corrected chi connectivity index (χ0v) is 13.0. The largest absolute Gasteiger partial charge is 0.490 e. The molecule has 1 aliphatic rings. The smallest absolute Gasteiger partial charge is 0.336 e. The van der Waals surface area contributed by atoms with E-state index in [1.165, 1.54) is 12.3 Å². The first-order chi connectivity index (χ1) is 9.79. The van der Waals surface area contributed by atoms with E-state index in [0.717, 1.165) is 12.8 Å². The van der Waals surface area contributed by atoms with Crippen molar-refractivity contribution in [2.45, 2.75) is 44.0 Å². The Labute approximate surface area is 124 Å². The second-order valence-electron chi connectivity index (χ2n) is 5.59. The molecule has 1 aromatic carbocycles. The number of carbonyl (C=O) groups is 1. The van der Waals surface area contributed by atoms with Gasteiger partial charge in [0.1, 0.15) is 15.6 Å². The maximum atomic E-state index is 11.7. The predicted molar refractivity (Wildman–Crippen MR) is 79.7 cm³/mol. The quantitative estimate of drug-likeness (QED) is 0.923. The molecule has 2 unspecified atom stereocenters. The number of benzene rings is 1. The molecule has 0 spiro atoms. The SMILES string of the molecule is Cc1c(OC2CCCC(S(C)(=O)=O)C2)cccc1C(=O)O. The van der Waals surface area contributed by atoms with Gasteiger partial charge in [0.15, 0.2) is 0 Å². The average Bonchev–Trinajstić information content (AvgIpc) is 2.40. The van der Waals surface area contributed by atoms with Crippen LogP contribution in [0.1, 0.15) is 41.6 Å². The van der Waals surface area contributed by atoms with Gasteiger partial charge in [0, 0.05) is 18.2 Å². The fourth-order valence-corrected chi connectivity index (χ4v) is 3.91. The number of hydrogen-bond acceptors (Lipinski definition) is 4. The molecular formula is C15H20O5S. The first-order valence-electron chi connectivity index (χ1n) is 6.97. The van der Waals surface area contributed by atoms with Crippen molar-refractivity contribution in [1.82, 2.24) is 0 Å². The molecule has 1 N–H and O–H groups in total. The minimum absolute atomic E-state index is 0.179. The summed E-state index contributed by atoms with van der Waals surface area (Å²) in [7, 11) is -3.06. The van der Waals surface area contributed by atoms with Gasteiger partial charge in [-0.2, -0.15) is 0 Å². The number of aromatic carboxylic acids is 1. The Hall–Kier alpha value is -1.56. The molecule has 6 heteroatoms. The van der Waals surface area contributed by atoms with Crippen LogP contribution in [0, 0.1) is 6.92 Å². The van der Waals surface area contributed by atoms with Gasteiger partial charge in [0.25, 0.3) is 0 Å². The predicted octanol–water partition coefficient (Wildman–Crippen LogP) is 2.43. The topological polar surface area (TPSA) is 80.7 Å². The molecule has 0 bridgehead atoms. The summed E-state index contributed by atoms with van der Waals surface area (Å²) < 4.78 is 29.2. The molecule has 1 aliphatic carbocycles. The summed E-state index contributed by atoms with van der Waals surface area (Å²) in [5, 5.41) is 8.75. The molecule has 0 radical (unpaired) electrons. The van der Waals surface area contributed by atoms with Gasteiger partial charge in [0.2, 0.25) is 0 Å². The lowest BCUT2D eigenvalue weighted by molar-refractivity contribution is 0.0694. The molecule has 2 atom stereocenters. The fraction of sp³-hybridized carbons (Fsp3) is 0.533. The van der Waals surface area contributed by atoms with Gasteiger partial charge >= 0.3 is 5.97 Å². The van der Waals surface area contributed by atoms with Crippen molar-refractivity contribution >= 4 is 15.8 Å². The van der Waals surface area contributed by atoms with Crippen molar-refractivity contribution < 1.29 is 23.1 Å². The summed E-state index contributed by atoms with van der Waals surface area (Å²) >= 11 is 0. The van der Waals surface area contributed by atoms with E-state index >= 15 is 0 Å². The highest BCUT2D eigenvalue weighted by Gasteiger charge is 2.30. The molecule has 1 aromatic rings. The number of sulfone groups is 1. The summed E-state index contributed by atoms with van der Waals surface area (Å²) in [5.41, 5.74) is 0.787. The highest BCUT2D eigenvalue weighted by atomic mass is 32.2. The van der Waals surface area contributed by atoms with E-state index in [1.54, 1.807) is 19.1 Å². The normalized spacial score (nSPS) is 22.8. The lowest BCUT2D eigenvalue weighted by Gasteiger charge is -2.29. The number of rotatable bonds is 4. The number of hydrogen-bond donors (Lipinski definition) is 1. The molecule has 0 heterocycles. The maximum absolute atomic E-state index is 11.7. The van der Waals surface area contributed by atoms with E-state index in [4.69, 9.17) is 9.84 Å². The van der Waals surface area contributed by atoms with Crippen molar-refractivity contribution in [3.8, 4) is 5.75 Å². The standard InChI is InChI=1S/C15H20O5S/c1-10-13(15(16)17)7-4-8-14(10)20-11-5-3-6-12(9-11)21(2,18)19/h4,7-8,11-12H,3,5-6,9H2,1-2H3,(H,16,17). The number of carboxylic acids is 1. The average molecular weight is 312 g/mol. The zero-order chi connectivity index (χ0) is 15.6. The van der Waals surface area contributed by atoms with Crippen LogP contribution in [0.25, 0.3) is 0 Å². The van der Waals surface area contributed by atoms with Gasteiger partial charge in [-0.15, -0.1) is 0 Å². The van der Waals surface area contributed by atoms with E-state index in [2.05, 4.69) is 0 Å². The van der Waals surface area contributed by atoms with Crippen LogP contribution >= 0.6 is 0 Å². The van der Waals surface area contributed by atoms with Crippen LogP contribution in [-0.4, -0.2) is 37.1 Å². The molecule has 0 aromatic heterocycles. The molecule has 5 nitrogen and oxygen atoms in total. The summed E-state index contributed by atoms with van der Waals surface area (Å²) in [6.07, 6.45) is 3.82. The van der Waals surface area contributed by atoms with E-state index in [-0.39, 0.29) is 16.9 Å². The minimum Gasteiger partial charge on any atom is -0.490 e.